The van der Waals surface area contributed by atoms with Gasteiger partial charge in [0.15, 0.2) is 9.03 Å². The summed E-state index contributed by atoms with van der Waals surface area (Å²) in [7, 11) is -0.175. The lowest BCUT2D eigenvalue weighted by molar-refractivity contribution is 0.0327. The van der Waals surface area contributed by atoms with E-state index in [-0.39, 0.29) is 35.7 Å². The van der Waals surface area contributed by atoms with Crippen LogP contribution in [0.1, 0.15) is 116 Å². The normalized spacial score (nSPS) is 25.3. The lowest BCUT2D eigenvalue weighted by Crippen LogP contribution is -2.37. The van der Waals surface area contributed by atoms with Gasteiger partial charge in [0.25, 0.3) is 0 Å². The fourth-order valence-corrected chi connectivity index (χ4v) is 6.63. The van der Waals surface area contributed by atoms with Gasteiger partial charge in [0.2, 0.25) is 0 Å². The van der Waals surface area contributed by atoms with Crippen LogP contribution in [0.4, 0.5) is 17.6 Å². The molecule has 7 heteroatoms. The maximum atomic E-state index is 12.9. The highest BCUT2D eigenvalue weighted by Gasteiger charge is 2.40. The van der Waals surface area contributed by atoms with Gasteiger partial charge in [-0.05, 0) is 127 Å². The zero-order chi connectivity index (χ0) is 25.2. The predicted molar refractivity (Wildman–Crippen MR) is 139 cm³/mol. The van der Waals surface area contributed by atoms with Gasteiger partial charge >= 0.3 is 0 Å². The SMILES string of the molecule is FCCCCC1=CCCCC1(CCCCF)OPOC1(CCCCF)CCCC=C1CCCCF. The molecule has 0 fully saturated rings. The van der Waals surface area contributed by atoms with Crippen LogP contribution in [-0.2, 0) is 9.05 Å². The Balaban J connectivity index is 2.15. The zero-order valence-electron chi connectivity index (χ0n) is 21.5. The van der Waals surface area contributed by atoms with E-state index in [4.69, 9.17) is 9.05 Å². The van der Waals surface area contributed by atoms with Crippen LogP contribution in [0, 0.1) is 0 Å². The van der Waals surface area contributed by atoms with Crippen molar-refractivity contribution in [1.29, 1.82) is 0 Å². The summed E-state index contributed by atoms with van der Waals surface area (Å²) in [5.74, 6) is 0. The van der Waals surface area contributed by atoms with Gasteiger partial charge in [-0.3, -0.25) is 17.6 Å². The van der Waals surface area contributed by atoms with E-state index in [1.165, 1.54) is 11.1 Å². The van der Waals surface area contributed by atoms with Gasteiger partial charge in [0, 0.05) is 0 Å². The smallest absolute Gasteiger partial charge is 0.156 e. The van der Waals surface area contributed by atoms with Crippen LogP contribution in [0.15, 0.2) is 23.3 Å². The average molecular weight is 523 g/mol. The van der Waals surface area contributed by atoms with Crippen molar-refractivity contribution < 1.29 is 26.6 Å². The van der Waals surface area contributed by atoms with Gasteiger partial charge in [-0.1, -0.05) is 12.2 Å². The highest BCUT2D eigenvalue weighted by atomic mass is 31.1. The molecule has 0 amide bonds. The van der Waals surface area contributed by atoms with E-state index in [1.807, 2.05) is 0 Å². The molecule has 2 nitrogen and oxygen atoms in total. The maximum absolute atomic E-state index is 12.9. The molecule has 0 heterocycles. The molecule has 35 heavy (non-hydrogen) atoms. The van der Waals surface area contributed by atoms with Crippen molar-refractivity contribution in [2.45, 2.75) is 127 Å². The molecule has 0 aromatic heterocycles. The van der Waals surface area contributed by atoms with Gasteiger partial charge in [0.05, 0.1) is 37.9 Å². The van der Waals surface area contributed by atoms with Gasteiger partial charge in [0.1, 0.15) is 0 Å². The Morgan fingerprint density at radius 2 is 1.00 bits per heavy atom. The molecule has 0 radical (unpaired) electrons. The van der Waals surface area contributed by atoms with E-state index in [0.29, 0.717) is 25.7 Å². The first-order chi connectivity index (χ1) is 17.2. The van der Waals surface area contributed by atoms with Crippen molar-refractivity contribution in [2.75, 3.05) is 26.7 Å². The van der Waals surface area contributed by atoms with Crippen molar-refractivity contribution in [1.82, 2.24) is 0 Å². The fraction of sp³-hybridized carbons (Fsp3) is 0.857. The van der Waals surface area contributed by atoms with E-state index in [1.54, 1.807) is 0 Å². The van der Waals surface area contributed by atoms with Crippen LogP contribution >= 0.6 is 9.03 Å². The molecule has 2 rings (SSSR count). The standard InChI is InChI=1S/C28H47F4O2P/c29-21-9-3-15-25-13-1-5-17-27(25,19-7-11-23-31)33-35-34-28(20-8-12-24-32)18-6-2-14-26(28)16-4-10-22-30/h13-14,35H,1-12,15-24H2. The Hall–Kier alpha value is -0.450. The van der Waals surface area contributed by atoms with Gasteiger partial charge in [-0.25, -0.2) is 0 Å². The highest BCUT2D eigenvalue weighted by Crippen LogP contribution is 2.48. The summed E-state index contributed by atoms with van der Waals surface area (Å²) in [6.45, 7) is -1.29. The minimum atomic E-state index is -0.463. The van der Waals surface area contributed by atoms with Crippen LogP contribution in [-0.4, -0.2) is 37.9 Å². The molecule has 0 saturated heterocycles. The van der Waals surface area contributed by atoms with E-state index in [0.717, 1.165) is 89.9 Å². The molecular formula is C28H47F4O2P. The van der Waals surface area contributed by atoms with E-state index in [9.17, 15) is 17.6 Å². The summed E-state index contributed by atoms with van der Waals surface area (Å²) in [5, 5.41) is 0. The molecule has 0 aromatic carbocycles. The summed E-state index contributed by atoms with van der Waals surface area (Å²) >= 11 is 0. The van der Waals surface area contributed by atoms with Crippen LogP contribution in [0.3, 0.4) is 0 Å². The summed E-state index contributed by atoms with van der Waals surface area (Å²) in [6.07, 6.45) is 18.6. The zero-order valence-corrected chi connectivity index (χ0v) is 22.5. The number of allylic oxidation sites excluding steroid dienone is 2. The first-order valence-electron chi connectivity index (χ1n) is 13.9. The molecule has 0 spiro atoms. The number of halogens is 4. The number of hydrogen-bond donors (Lipinski definition) is 0. The van der Waals surface area contributed by atoms with Gasteiger partial charge in [-0.2, -0.15) is 0 Å². The van der Waals surface area contributed by atoms with Crippen molar-refractivity contribution in [2.24, 2.45) is 0 Å². The third kappa shape index (κ3) is 10.1. The first-order valence-corrected chi connectivity index (χ1v) is 14.7. The fourth-order valence-electron chi connectivity index (χ4n) is 5.60. The Bertz CT molecular complexity index is 578. The third-order valence-corrected chi connectivity index (χ3v) is 8.53. The van der Waals surface area contributed by atoms with Gasteiger partial charge in [-0.15, -0.1) is 0 Å². The van der Waals surface area contributed by atoms with Crippen LogP contribution in [0.25, 0.3) is 0 Å². The molecule has 2 atom stereocenters. The van der Waals surface area contributed by atoms with Crippen LogP contribution in [0.5, 0.6) is 0 Å². The molecule has 0 aliphatic heterocycles. The highest BCUT2D eigenvalue weighted by molar-refractivity contribution is 7.26. The summed E-state index contributed by atoms with van der Waals surface area (Å²) in [4.78, 5) is 0. The van der Waals surface area contributed by atoms with Gasteiger partial charge < -0.3 is 9.05 Å². The van der Waals surface area contributed by atoms with Crippen LogP contribution < -0.4 is 0 Å². The molecule has 0 saturated carbocycles. The third-order valence-electron chi connectivity index (χ3n) is 7.58. The van der Waals surface area contributed by atoms with Crippen molar-refractivity contribution >= 4 is 9.03 Å². The Kier molecular flexibility index (Phi) is 15.7. The van der Waals surface area contributed by atoms with E-state index < -0.39 is 11.2 Å². The lowest BCUT2D eigenvalue weighted by Gasteiger charge is -2.42. The Morgan fingerprint density at radius 3 is 1.40 bits per heavy atom. The summed E-state index contributed by atoms with van der Waals surface area (Å²) in [6, 6.07) is 0. The number of hydrogen-bond acceptors (Lipinski definition) is 2. The minimum absolute atomic E-state index is 0.175. The molecule has 204 valence electrons. The number of unbranched alkanes of at least 4 members (excludes halogenated alkanes) is 4. The number of alkyl halides is 4. The first kappa shape index (κ1) is 30.8. The second-order valence-corrected chi connectivity index (χ2v) is 10.7. The quantitative estimate of drug-likeness (QED) is 0.0686. The average Bonchev–Trinajstić information content (AvgIpc) is 2.87. The minimum Gasteiger partial charge on any atom is -0.325 e. The lowest BCUT2D eigenvalue weighted by atomic mass is 9.77. The second kappa shape index (κ2) is 17.9. The molecule has 0 bridgehead atoms. The molecule has 0 aromatic rings. The summed E-state index contributed by atoms with van der Waals surface area (Å²) < 4.78 is 64.6. The van der Waals surface area contributed by atoms with E-state index >= 15 is 0 Å². The Labute approximate surface area is 212 Å². The van der Waals surface area contributed by atoms with Crippen molar-refractivity contribution in [3.05, 3.63) is 23.3 Å². The largest absolute Gasteiger partial charge is 0.325 e. The monoisotopic (exact) mass is 522 g/mol. The Morgan fingerprint density at radius 1 is 0.600 bits per heavy atom. The van der Waals surface area contributed by atoms with Crippen molar-refractivity contribution in [3.8, 4) is 0 Å². The van der Waals surface area contributed by atoms with Crippen LogP contribution in [0.2, 0.25) is 0 Å². The van der Waals surface area contributed by atoms with E-state index in [2.05, 4.69) is 12.2 Å². The molecule has 2 aliphatic carbocycles. The molecule has 2 unspecified atom stereocenters. The maximum Gasteiger partial charge on any atom is 0.156 e. The molecule has 0 N–H and O–H groups in total. The molecular weight excluding hydrogens is 475 g/mol. The van der Waals surface area contributed by atoms with Crippen molar-refractivity contribution in [3.63, 3.8) is 0 Å². The number of rotatable bonds is 20. The second-order valence-electron chi connectivity index (χ2n) is 10.1. The predicted octanol–water partition coefficient (Wildman–Crippen LogP) is 9.79. The molecule has 2 aliphatic rings. The summed E-state index contributed by atoms with van der Waals surface area (Å²) in [5.41, 5.74) is 1.52. The topological polar surface area (TPSA) is 18.5 Å².